The topological polar surface area (TPSA) is 96.9 Å². The van der Waals surface area contributed by atoms with Crippen molar-refractivity contribution in [3.63, 3.8) is 0 Å². The van der Waals surface area contributed by atoms with E-state index in [2.05, 4.69) is 9.84 Å². The van der Waals surface area contributed by atoms with Crippen LogP contribution in [0.2, 0.25) is 0 Å². The van der Waals surface area contributed by atoms with E-state index in [0.29, 0.717) is 0 Å². The molecule has 1 aromatic carbocycles. The van der Waals surface area contributed by atoms with Crippen molar-refractivity contribution in [2.45, 2.75) is 6.36 Å². The van der Waals surface area contributed by atoms with Crippen LogP contribution in [-0.4, -0.2) is 23.7 Å². The third-order valence-electron chi connectivity index (χ3n) is 1.60. The molecular formula is C9H8F3N3O3. The lowest BCUT2D eigenvalue weighted by molar-refractivity contribution is -0.275. The SMILES string of the molecule is NC(=O)NN=Cc1ccc(O)c(OC(F)(F)F)c1. The second-order valence-corrected chi connectivity index (χ2v) is 3.01. The van der Waals surface area contributed by atoms with Crippen LogP contribution in [0.25, 0.3) is 0 Å². The van der Waals surface area contributed by atoms with Crippen LogP contribution in [0.4, 0.5) is 18.0 Å². The summed E-state index contributed by atoms with van der Waals surface area (Å²) in [6.45, 7) is 0. The van der Waals surface area contributed by atoms with Gasteiger partial charge in [-0.2, -0.15) is 5.10 Å². The van der Waals surface area contributed by atoms with Gasteiger partial charge in [-0.05, 0) is 23.8 Å². The maximum Gasteiger partial charge on any atom is 0.573 e. The van der Waals surface area contributed by atoms with Gasteiger partial charge in [0.25, 0.3) is 0 Å². The number of ether oxygens (including phenoxy) is 1. The van der Waals surface area contributed by atoms with E-state index in [0.717, 1.165) is 18.3 Å². The lowest BCUT2D eigenvalue weighted by Crippen LogP contribution is -2.24. The highest BCUT2D eigenvalue weighted by atomic mass is 19.4. The molecule has 9 heteroatoms. The number of phenols is 1. The van der Waals surface area contributed by atoms with Gasteiger partial charge in [0.2, 0.25) is 0 Å². The second-order valence-electron chi connectivity index (χ2n) is 3.01. The summed E-state index contributed by atoms with van der Waals surface area (Å²) in [5.41, 5.74) is 6.74. The minimum absolute atomic E-state index is 0.167. The first kappa shape index (κ1) is 13.6. The van der Waals surface area contributed by atoms with Crippen molar-refractivity contribution in [1.29, 1.82) is 0 Å². The Morgan fingerprint density at radius 2 is 2.17 bits per heavy atom. The third kappa shape index (κ3) is 4.60. The molecule has 1 aromatic rings. The fraction of sp³-hybridized carbons (Fsp3) is 0.111. The fourth-order valence-electron chi connectivity index (χ4n) is 0.988. The number of phenolic OH excluding ortho intramolecular Hbond substituents is 1. The highest BCUT2D eigenvalue weighted by Crippen LogP contribution is 2.31. The smallest absolute Gasteiger partial charge is 0.504 e. The number of carbonyl (C=O) groups excluding carboxylic acids is 1. The van der Waals surface area contributed by atoms with E-state index in [1.165, 1.54) is 6.07 Å². The van der Waals surface area contributed by atoms with Crippen molar-refractivity contribution >= 4 is 12.2 Å². The van der Waals surface area contributed by atoms with Gasteiger partial charge in [0.05, 0.1) is 6.21 Å². The van der Waals surface area contributed by atoms with Crippen LogP contribution >= 0.6 is 0 Å². The Morgan fingerprint density at radius 3 is 2.72 bits per heavy atom. The Balaban J connectivity index is 2.87. The zero-order chi connectivity index (χ0) is 13.8. The Hall–Kier alpha value is -2.45. The van der Waals surface area contributed by atoms with Crippen LogP contribution in [0.15, 0.2) is 23.3 Å². The molecule has 98 valence electrons. The number of halogens is 3. The molecule has 1 rings (SSSR count). The molecule has 2 amide bonds. The Labute approximate surface area is 98.8 Å². The number of hydrogen-bond donors (Lipinski definition) is 3. The molecule has 4 N–H and O–H groups in total. The van der Waals surface area contributed by atoms with Crippen molar-refractivity contribution in [2.75, 3.05) is 0 Å². The van der Waals surface area contributed by atoms with Gasteiger partial charge >= 0.3 is 12.4 Å². The summed E-state index contributed by atoms with van der Waals surface area (Å²) in [6, 6.07) is 2.24. The van der Waals surface area contributed by atoms with E-state index in [4.69, 9.17) is 10.8 Å². The molecule has 0 aliphatic rings. The van der Waals surface area contributed by atoms with Crippen LogP contribution in [0.1, 0.15) is 5.56 Å². The molecule has 0 aromatic heterocycles. The number of hydrogen-bond acceptors (Lipinski definition) is 4. The number of alkyl halides is 3. The highest BCUT2D eigenvalue weighted by molar-refractivity contribution is 5.82. The van der Waals surface area contributed by atoms with Crippen LogP contribution in [0, 0.1) is 0 Å². The predicted molar refractivity (Wildman–Crippen MR) is 55.1 cm³/mol. The molecule has 0 aliphatic heterocycles. The number of nitrogens with two attached hydrogens (primary N) is 1. The minimum atomic E-state index is -4.92. The number of primary amides is 1. The van der Waals surface area contributed by atoms with Gasteiger partial charge in [-0.25, -0.2) is 10.2 Å². The molecule has 0 saturated heterocycles. The van der Waals surface area contributed by atoms with Gasteiger partial charge in [-0.3, -0.25) is 0 Å². The molecular weight excluding hydrogens is 255 g/mol. The van der Waals surface area contributed by atoms with Gasteiger partial charge in [-0.1, -0.05) is 0 Å². The predicted octanol–water partition coefficient (Wildman–Crippen LogP) is 1.29. The maximum absolute atomic E-state index is 12.0. The van der Waals surface area contributed by atoms with Crippen LogP contribution < -0.4 is 15.9 Å². The summed E-state index contributed by atoms with van der Waals surface area (Å²) in [4.78, 5) is 10.3. The number of carbonyl (C=O) groups is 1. The first-order valence-corrected chi connectivity index (χ1v) is 4.45. The normalized spacial score (nSPS) is 11.5. The molecule has 0 spiro atoms. The third-order valence-corrected chi connectivity index (χ3v) is 1.60. The van der Waals surface area contributed by atoms with Crippen molar-refractivity contribution < 1.29 is 27.8 Å². The number of amides is 2. The Morgan fingerprint density at radius 1 is 1.50 bits per heavy atom. The van der Waals surface area contributed by atoms with Gasteiger partial charge in [-0.15, -0.1) is 13.2 Å². The number of rotatable bonds is 3. The minimum Gasteiger partial charge on any atom is -0.504 e. The molecule has 0 heterocycles. The first-order valence-electron chi connectivity index (χ1n) is 4.45. The fourth-order valence-corrected chi connectivity index (χ4v) is 0.988. The Bertz CT molecular complexity index is 474. The standard InChI is InChI=1S/C9H8F3N3O3/c10-9(11,12)18-7-3-5(1-2-6(7)16)4-14-15-8(13)17/h1-4,16H,(H3,13,15,17). The molecule has 0 unspecified atom stereocenters. The summed E-state index contributed by atoms with van der Waals surface area (Å²) in [7, 11) is 0. The Kier molecular flexibility index (Phi) is 3.97. The largest absolute Gasteiger partial charge is 0.573 e. The lowest BCUT2D eigenvalue weighted by Gasteiger charge is -2.10. The molecule has 0 atom stereocenters. The number of nitrogens with zero attached hydrogens (tertiary/aromatic N) is 1. The summed E-state index contributed by atoms with van der Waals surface area (Å²) >= 11 is 0. The molecule has 0 saturated carbocycles. The molecule has 6 nitrogen and oxygen atoms in total. The summed E-state index contributed by atoms with van der Waals surface area (Å²) < 4.78 is 39.5. The van der Waals surface area contributed by atoms with Crippen molar-refractivity contribution in [2.24, 2.45) is 10.8 Å². The summed E-state index contributed by atoms with van der Waals surface area (Å²) in [6.07, 6.45) is -3.88. The molecule has 0 fully saturated rings. The van der Waals surface area contributed by atoms with Crippen LogP contribution in [0.5, 0.6) is 11.5 Å². The number of hydrazone groups is 1. The monoisotopic (exact) mass is 263 g/mol. The van der Waals surface area contributed by atoms with E-state index in [1.54, 1.807) is 0 Å². The average molecular weight is 263 g/mol. The number of nitrogens with one attached hydrogen (secondary N) is 1. The van der Waals surface area contributed by atoms with Crippen molar-refractivity contribution in [1.82, 2.24) is 5.43 Å². The summed E-state index contributed by atoms with van der Waals surface area (Å²) in [5, 5.41) is 12.5. The zero-order valence-corrected chi connectivity index (χ0v) is 8.73. The maximum atomic E-state index is 12.0. The number of aromatic hydroxyl groups is 1. The van der Waals surface area contributed by atoms with E-state index in [1.807, 2.05) is 5.43 Å². The molecule has 0 aliphatic carbocycles. The van der Waals surface area contributed by atoms with Crippen molar-refractivity contribution in [3.8, 4) is 11.5 Å². The lowest BCUT2D eigenvalue weighted by atomic mass is 10.2. The van der Waals surface area contributed by atoms with Gasteiger partial charge < -0.3 is 15.6 Å². The van der Waals surface area contributed by atoms with E-state index in [9.17, 15) is 18.0 Å². The number of benzene rings is 1. The number of urea groups is 1. The van der Waals surface area contributed by atoms with Gasteiger partial charge in [0.1, 0.15) is 0 Å². The summed E-state index contributed by atoms with van der Waals surface area (Å²) in [5.74, 6) is -1.45. The molecule has 0 radical (unpaired) electrons. The van der Waals surface area contributed by atoms with E-state index >= 15 is 0 Å². The highest BCUT2D eigenvalue weighted by Gasteiger charge is 2.32. The van der Waals surface area contributed by atoms with Crippen LogP contribution in [-0.2, 0) is 0 Å². The van der Waals surface area contributed by atoms with E-state index < -0.39 is 23.9 Å². The van der Waals surface area contributed by atoms with Gasteiger partial charge in [0, 0.05) is 0 Å². The zero-order valence-electron chi connectivity index (χ0n) is 8.73. The molecule has 0 bridgehead atoms. The first-order chi connectivity index (χ1) is 8.28. The quantitative estimate of drug-likeness (QED) is 0.566. The van der Waals surface area contributed by atoms with E-state index in [-0.39, 0.29) is 5.56 Å². The molecule has 18 heavy (non-hydrogen) atoms. The average Bonchev–Trinajstić information content (AvgIpc) is 2.20. The van der Waals surface area contributed by atoms with Crippen LogP contribution in [0.3, 0.4) is 0 Å². The second kappa shape index (κ2) is 5.25. The van der Waals surface area contributed by atoms with Gasteiger partial charge in [0.15, 0.2) is 11.5 Å². The van der Waals surface area contributed by atoms with Crippen molar-refractivity contribution in [3.05, 3.63) is 23.8 Å².